The second kappa shape index (κ2) is 14.5. The number of hydrogen-bond acceptors (Lipinski definition) is 0. The van der Waals surface area contributed by atoms with Crippen molar-refractivity contribution in [3.8, 4) is 11.1 Å². The van der Waals surface area contributed by atoms with Gasteiger partial charge < -0.3 is 0 Å². The molecular weight excluding hydrogens is 632 g/mol. The topological polar surface area (TPSA) is 0 Å². The molecule has 0 radical (unpaired) electrons. The average molecular weight is 684 g/mol. The van der Waals surface area contributed by atoms with E-state index in [1.807, 2.05) is 6.07 Å². The van der Waals surface area contributed by atoms with Gasteiger partial charge in [0, 0.05) is 0 Å². The van der Waals surface area contributed by atoms with Crippen LogP contribution >= 0.6 is 0 Å². The van der Waals surface area contributed by atoms with E-state index in [9.17, 15) is 0 Å². The van der Waals surface area contributed by atoms with Crippen molar-refractivity contribution in [2.24, 2.45) is 5.92 Å². The van der Waals surface area contributed by atoms with Gasteiger partial charge in [-0.15, -0.1) is 11.1 Å². The van der Waals surface area contributed by atoms with Gasteiger partial charge >= 0.3 is 89.5 Å². The molecule has 0 saturated carbocycles. The van der Waals surface area contributed by atoms with Crippen molar-refractivity contribution >= 4 is 9.28 Å². The first-order chi connectivity index (χ1) is 21.5. The Labute approximate surface area is 295 Å². The van der Waals surface area contributed by atoms with Crippen LogP contribution in [0.3, 0.4) is 0 Å². The predicted octanol–water partition coefficient (Wildman–Crippen LogP) is 11.8. The maximum atomic E-state index is 3.53. The first kappa shape index (κ1) is 36.0. The van der Waals surface area contributed by atoms with E-state index in [4.69, 9.17) is 0 Å². The maximum Gasteiger partial charge on any atom is -0.0623 e. The summed E-state index contributed by atoms with van der Waals surface area (Å²) in [7, 11) is 0. The zero-order chi connectivity index (χ0) is 33.9. The molecule has 4 aromatic carbocycles. The Morgan fingerprint density at radius 2 is 1.26 bits per heavy atom. The molecule has 0 N–H and O–H groups in total. The molecule has 236 valence electrons. The van der Waals surface area contributed by atoms with Crippen molar-refractivity contribution in [1.82, 2.24) is 0 Å². The van der Waals surface area contributed by atoms with Crippen molar-refractivity contribution in [1.29, 1.82) is 0 Å². The minimum Gasteiger partial charge on any atom is -0.266 e. The van der Waals surface area contributed by atoms with E-state index in [1.165, 1.54) is 85.5 Å². The Hall–Kier alpha value is -2.89. The molecule has 0 spiro atoms. The normalized spacial score (nSPS) is 15.4. The molecule has 0 fully saturated rings. The minimum absolute atomic E-state index is 0.177. The third kappa shape index (κ3) is 9.13. The van der Waals surface area contributed by atoms with E-state index in [2.05, 4.69) is 177 Å². The number of rotatable bonds is 2. The second-order valence-corrected chi connectivity index (χ2v) is 16.6. The van der Waals surface area contributed by atoms with E-state index < -0.39 is 0 Å². The fourth-order valence-corrected chi connectivity index (χ4v) is 6.30. The van der Waals surface area contributed by atoms with Gasteiger partial charge in [-0.2, -0.15) is 41.0 Å². The van der Waals surface area contributed by atoms with Gasteiger partial charge in [0.25, 0.3) is 0 Å². The molecule has 0 aliphatic heterocycles. The van der Waals surface area contributed by atoms with Crippen LogP contribution in [-0.4, -0.2) is 3.71 Å². The molecule has 1 heteroatoms. The van der Waals surface area contributed by atoms with Crippen molar-refractivity contribution in [3.05, 3.63) is 148 Å². The summed E-state index contributed by atoms with van der Waals surface area (Å²) in [5.41, 5.74) is 15.7. The van der Waals surface area contributed by atoms with Crippen LogP contribution < -0.4 is 0 Å². The van der Waals surface area contributed by atoms with E-state index >= 15 is 0 Å². The number of allylic oxidation sites excluding steroid dienone is 4. The standard InChI is InChI=1S/C21H25.C13H13.C11H14.Zr/c1-20(2,3)16-9-7-14-11-15-8-10-17(21(4,5)6)13-19(15)18(14)12-16;1-10-8-11(2)13(9-10)12-6-4-3-5-7-12;1-9-5-7-10(8-6-9)11(2,3)4;/h7,9-10,12-13H,11H2,1-6H3;3-7,9-10H,1-2H3;1,5-8H,2-4H3;/q2*-1;;+2. The van der Waals surface area contributed by atoms with Crippen molar-refractivity contribution in [3.63, 3.8) is 0 Å². The van der Waals surface area contributed by atoms with Gasteiger partial charge in [-0.25, -0.2) is 5.57 Å². The molecular formula is C45H52Zr. The number of fused-ring (bicyclic) bond motifs is 3. The molecule has 0 aromatic heterocycles. The van der Waals surface area contributed by atoms with E-state index in [-0.39, 0.29) is 16.2 Å². The molecule has 2 aliphatic rings. The van der Waals surface area contributed by atoms with E-state index in [1.54, 1.807) is 0 Å². The summed E-state index contributed by atoms with van der Waals surface area (Å²) in [4.78, 5) is 0. The molecule has 0 amide bonds. The fourth-order valence-electron chi connectivity index (χ4n) is 5.83. The summed E-state index contributed by atoms with van der Waals surface area (Å²) in [6.07, 6.45) is 6.69. The number of hydrogen-bond donors (Lipinski definition) is 0. The smallest absolute Gasteiger partial charge is 0.0623 e. The summed E-state index contributed by atoms with van der Waals surface area (Å²) in [5.74, 6) is 0.468. The number of benzene rings is 4. The van der Waals surface area contributed by atoms with Gasteiger partial charge in [-0.05, 0) is 17.4 Å². The Morgan fingerprint density at radius 1 is 0.696 bits per heavy atom. The minimum atomic E-state index is 0.177. The molecule has 2 aliphatic carbocycles. The summed E-state index contributed by atoms with van der Waals surface area (Å²) in [6.45, 7) is 24.7. The van der Waals surface area contributed by atoms with Gasteiger partial charge in [0.1, 0.15) is 0 Å². The molecule has 0 saturated heterocycles. The molecule has 0 heterocycles. The quantitative estimate of drug-likeness (QED) is 0.162. The second-order valence-electron chi connectivity index (χ2n) is 15.9. The van der Waals surface area contributed by atoms with Crippen LogP contribution in [-0.2, 0) is 46.9 Å². The third-order valence-corrected chi connectivity index (χ3v) is 9.64. The molecule has 1 unspecified atom stereocenters. The van der Waals surface area contributed by atoms with Crippen molar-refractivity contribution in [2.75, 3.05) is 0 Å². The van der Waals surface area contributed by atoms with E-state index in [0.29, 0.717) is 5.92 Å². The molecule has 0 nitrogen and oxygen atoms in total. The van der Waals surface area contributed by atoms with Crippen LogP contribution in [0.5, 0.6) is 0 Å². The SMILES string of the molecule is CC(C)(C)c1c[c-]c2c(c1)-c1cc(C(C)(C)C)ccc1C2.CC(C)(C)c1ccc([CH]=[Zr+2])cc1.CC1=[C-]C(C)C=C1c1ccccc1. The largest absolute Gasteiger partial charge is 0.266 e. The Kier molecular flexibility index (Phi) is 11.3. The van der Waals surface area contributed by atoms with Gasteiger partial charge in [-0.3, -0.25) is 6.08 Å². The molecule has 46 heavy (non-hydrogen) atoms. The van der Waals surface area contributed by atoms with Crippen LogP contribution in [0.4, 0.5) is 0 Å². The van der Waals surface area contributed by atoms with Crippen LogP contribution in [0.1, 0.15) is 115 Å². The maximum absolute atomic E-state index is 3.53. The van der Waals surface area contributed by atoms with Crippen molar-refractivity contribution in [2.45, 2.75) is 98.8 Å². The molecule has 4 aromatic rings. The third-order valence-electron chi connectivity index (χ3n) is 8.82. The van der Waals surface area contributed by atoms with Crippen LogP contribution in [0.2, 0.25) is 0 Å². The summed E-state index contributed by atoms with van der Waals surface area (Å²) >= 11 is 1.46. The van der Waals surface area contributed by atoms with Crippen molar-refractivity contribution < 1.29 is 24.2 Å². The predicted molar refractivity (Wildman–Crippen MR) is 197 cm³/mol. The Bertz CT molecular complexity index is 1650. The Balaban J connectivity index is 0.000000166. The summed E-state index contributed by atoms with van der Waals surface area (Å²) < 4.78 is 2.21. The summed E-state index contributed by atoms with van der Waals surface area (Å²) in [6, 6.07) is 34.4. The monoisotopic (exact) mass is 682 g/mol. The van der Waals surface area contributed by atoms with Gasteiger partial charge in [-0.1, -0.05) is 126 Å². The zero-order valence-electron chi connectivity index (χ0n) is 30.0. The zero-order valence-corrected chi connectivity index (χ0v) is 32.5. The first-order valence-corrected chi connectivity index (χ1v) is 18.1. The molecule has 6 rings (SSSR count). The molecule has 1 atom stereocenters. The van der Waals surface area contributed by atoms with Crippen LogP contribution in [0, 0.1) is 18.1 Å². The van der Waals surface area contributed by atoms with Gasteiger partial charge in [0.15, 0.2) is 0 Å². The van der Waals surface area contributed by atoms with E-state index in [0.717, 1.165) is 6.42 Å². The van der Waals surface area contributed by atoms with Crippen LogP contribution in [0.15, 0.2) is 96.6 Å². The summed E-state index contributed by atoms with van der Waals surface area (Å²) in [5, 5.41) is 0. The van der Waals surface area contributed by atoms with Gasteiger partial charge in [0.2, 0.25) is 0 Å². The molecule has 0 bridgehead atoms. The Morgan fingerprint density at radius 3 is 1.78 bits per heavy atom. The fraction of sp³-hybridized carbons (Fsp3) is 0.356. The van der Waals surface area contributed by atoms with Crippen LogP contribution in [0.25, 0.3) is 16.7 Å². The average Bonchev–Trinajstić information content (AvgIpc) is 3.54. The first-order valence-electron chi connectivity index (χ1n) is 16.6. The van der Waals surface area contributed by atoms with Gasteiger partial charge in [0.05, 0.1) is 0 Å².